The van der Waals surface area contributed by atoms with Crippen LogP contribution in [0.15, 0.2) is 55.0 Å². The number of aromatic nitrogens is 3. The zero-order valence-electron chi connectivity index (χ0n) is 16.5. The molecule has 0 aliphatic carbocycles. The van der Waals surface area contributed by atoms with Gasteiger partial charge in [-0.2, -0.15) is 13.2 Å². The Bertz CT molecular complexity index is 1040. The molecule has 2 heterocycles. The number of rotatable bonds is 7. The number of hydrogen-bond acceptors (Lipinski definition) is 6. The van der Waals surface area contributed by atoms with Crippen molar-refractivity contribution in [2.45, 2.75) is 13.1 Å². The molecule has 2 aromatic heterocycles. The number of benzene rings is 1. The van der Waals surface area contributed by atoms with Gasteiger partial charge in [-0.25, -0.2) is 19.7 Å². The molecule has 2 amide bonds. The molecule has 0 radical (unpaired) electrons. The standard InChI is InChI=1S/C20H20F3N7O/c1-13-5-6-24-17(9-13)30-18-11-16(27-12-28-18)25-7-8-26-19(31)29-15-4-2-3-14(10-15)20(21,22)23/h2-6,9-12H,7-8H2,1H3,(H2,26,29,31)(H2,24,25,27,28,30). The summed E-state index contributed by atoms with van der Waals surface area (Å²) in [6, 6.07) is 9.25. The molecule has 3 rings (SSSR count). The van der Waals surface area contributed by atoms with E-state index in [9.17, 15) is 18.0 Å². The summed E-state index contributed by atoms with van der Waals surface area (Å²) in [7, 11) is 0. The molecule has 0 aliphatic rings. The number of anilines is 4. The summed E-state index contributed by atoms with van der Waals surface area (Å²) in [4.78, 5) is 24.3. The molecule has 0 fully saturated rings. The van der Waals surface area contributed by atoms with Crippen molar-refractivity contribution in [3.63, 3.8) is 0 Å². The van der Waals surface area contributed by atoms with Gasteiger partial charge in [0.15, 0.2) is 0 Å². The van der Waals surface area contributed by atoms with Crippen LogP contribution in [-0.4, -0.2) is 34.1 Å². The van der Waals surface area contributed by atoms with Gasteiger partial charge in [0, 0.05) is 31.0 Å². The van der Waals surface area contributed by atoms with E-state index in [0.29, 0.717) is 24.0 Å². The van der Waals surface area contributed by atoms with Gasteiger partial charge in [-0.3, -0.25) is 0 Å². The van der Waals surface area contributed by atoms with Crippen molar-refractivity contribution < 1.29 is 18.0 Å². The van der Waals surface area contributed by atoms with Gasteiger partial charge in [0.1, 0.15) is 23.8 Å². The van der Waals surface area contributed by atoms with Crippen LogP contribution in [0.5, 0.6) is 0 Å². The molecular weight excluding hydrogens is 411 g/mol. The number of carbonyl (C=O) groups excluding carboxylic acids is 1. The molecule has 31 heavy (non-hydrogen) atoms. The van der Waals surface area contributed by atoms with Crippen LogP contribution in [0.4, 0.5) is 41.1 Å². The van der Waals surface area contributed by atoms with Gasteiger partial charge in [-0.1, -0.05) is 6.07 Å². The van der Waals surface area contributed by atoms with E-state index in [0.717, 1.165) is 17.7 Å². The molecule has 8 nitrogen and oxygen atoms in total. The molecule has 3 aromatic rings. The minimum Gasteiger partial charge on any atom is -0.368 e. The van der Waals surface area contributed by atoms with E-state index in [-0.39, 0.29) is 12.2 Å². The molecule has 0 atom stereocenters. The normalized spacial score (nSPS) is 11.0. The number of aryl methyl sites for hydroxylation is 1. The summed E-state index contributed by atoms with van der Waals surface area (Å²) in [6.45, 7) is 2.52. The SMILES string of the molecule is Cc1ccnc(Nc2cc(NCCNC(=O)Nc3cccc(C(F)(F)F)c3)ncn2)c1. The number of alkyl halides is 3. The highest BCUT2D eigenvalue weighted by atomic mass is 19.4. The van der Waals surface area contributed by atoms with E-state index in [2.05, 4.69) is 36.2 Å². The summed E-state index contributed by atoms with van der Waals surface area (Å²) in [6.07, 6.45) is -1.40. The second kappa shape index (κ2) is 9.74. The summed E-state index contributed by atoms with van der Waals surface area (Å²) < 4.78 is 38.2. The van der Waals surface area contributed by atoms with Crippen molar-refractivity contribution in [2.24, 2.45) is 0 Å². The molecule has 0 spiro atoms. The monoisotopic (exact) mass is 431 g/mol. The van der Waals surface area contributed by atoms with Crippen LogP contribution in [0.1, 0.15) is 11.1 Å². The number of nitrogens with one attached hydrogen (secondary N) is 4. The van der Waals surface area contributed by atoms with Crippen LogP contribution in [0.25, 0.3) is 0 Å². The Morgan fingerprint density at radius 1 is 0.968 bits per heavy atom. The lowest BCUT2D eigenvalue weighted by atomic mass is 10.2. The number of urea groups is 1. The molecule has 1 aromatic carbocycles. The van der Waals surface area contributed by atoms with Crippen molar-refractivity contribution in [2.75, 3.05) is 29.0 Å². The van der Waals surface area contributed by atoms with Crippen LogP contribution in [0.3, 0.4) is 0 Å². The Balaban J connectivity index is 1.45. The van der Waals surface area contributed by atoms with Gasteiger partial charge >= 0.3 is 12.2 Å². The second-order valence-electron chi connectivity index (χ2n) is 6.52. The summed E-state index contributed by atoms with van der Waals surface area (Å²) in [5.41, 5.74) is 0.275. The van der Waals surface area contributed by atoms with Gasteiger partial charge in [-0.05, 0) is 42.8 Å². The smallest absolute Gasteiger partial charge is 0.368 e. The molecular formula is C20H20F3N7O. The van der Waals surface area contributed by atoms with Gasteiger partial charge in [0.25, 0.3) is 0 Å². The highest BCUT2D eigenvalue weighted by molar-refractivity contribution is 5.89. The molecule has 0 aliphatic heterocycles. The summed E-state index contributed by atoms with van der Waals surface area (Å²) >= 11 is 0. The average Bonchev–Trinajstić information content (AvgIpc) is 2.71. The van der Waals surface area contributed by atoms with E-state index >= 15 is 0 Å². The topological polar surface area (TPSA) is 104 Å². The zero-order chi connectivity index (χ0) is 22.3. The zero-order valence-corrected chi connectivity index (χ0v) is 16.5. The molecule has 0 bridgehead atoms. The molecule has 4 N–H and O–H groups in total. The van der Waals surface area contributed by atoms with Crippen LogP contribution in [-0.2, 0) is 6.18 Å². The first kappa shape index (κ1) is 21.8. The van der Waals surface area contributed by atoms with Crippen LogP contribution in [0, 0.1) is 6.92 Å². The molecule has 0 unspecified atom stereocenters. The van der Waals surface area contributed by atoms with E-state index in [1.54, 1.807) is 12.3 Å². The quantitative estimate of drug-likeness (QED) is 0.419. The number of pyridine rings is 1. The third kappa shape index (κ3) is 6.84. The maximum atomic E-state index is 12.7. The van der Waals surface area contributed by atoms with Gasteiger partial charge in [0.05, 0.1) is 5.56 Å². The first-order valence-electron chi connectivity index (χ1n) is 9.27. The Hall–Kier alpha value is -3.89. The molecule has 162 valence electrons. The van der Waals surface area contributed by atoms with Crippen LogP contribution >= 0.6 is 0 Å². The fraction of sp³-hybridized carbons (Fsp3) is 0.200. The van der Waals surface area contributed by atoms with E-state index in [1.165, 1.54) is 18.5 Å². The van der Waals surface area contributed by atoms with Gasteiger partial charge < -0.3 is 21.3 Å². The Morgan fingerprint density at radius 2 is 1.74 bits per heavy atom. The summed E-state index contributed by atoms with van der Waals surface area (Å²) in [5, 5.41) is 11.0. The minimum absolute atomic E-state index is 0.0524. The van der Waals surface area contributed by atoms with Crippen molar-refractivity contribution in [1.82, 2.24) is 20.3 Å². The van der Waals surface area contributed by atoms with Gasteiger partial charge in [-0.15, -0.1) is 0 Å². The third-order valence-electron chi connectivity index (χ3n) is 4.00. The fourth-order valence-electron chi connectivity index (χ4n) is 2.57. The first-order valence-corrected chi connectivity index (χ1v) is 9.27. The predicted octanol–water partition coefficient (Wildman–Crippen LogP) is 4.18. The highest BCUT2D eigenvalue weighted by Gasteiger charge is 2.30. The number of carbonyl (C=O) groups is 1. The van der Waals surface area contributed by atoms with Crippen molar-refractivity contribution in [3.05, 3.63) is 66.1 Å². The van der Waals surface area contributed by atoms with Crippen molar-refractivity contribution in [1.29, 1.82) is 0 Å². The molecule has 0 saturated heterocycles. The maximum Gasteiger partial charge on any atom is 0.416 e. The molecule has 11 heteroatoms. The first-order chi connectivity index (χ1) is 14.8. The Labute approximate surface area is 176 Å². The molecule has 0 saturated carbocycles. The van der Waals surface area contributed by atoms with Crippen LogP contribution in [0.2, 0.25) is 0 Å². The predicted molar refractivity (Wildman–Crippen MR) is 111 cm³/mol. The minimum atomic E-state index is -4.47. The largest absolute Gasteiger partial charge is 0.416 e. The summed E-state index contributed by atoms with van der Waals surface area (Å²) in [5.74, 6) is 1.73. The Kier molecular flexibility index (Phi) is 6.85. The van der Waals surface area contributed by atoms with Crippen molar-refractivity contribution in [3.8, 4) is 0 Å². The highest BCUT2D eigenvalue weighted by Crippen LogP contribution is 2.30. The number of hydrogen-bond donors (Lipinski definition) is 4. The van der Waals surface area contributed by atoms with E-state index < -0.39 is 17.8 Å². The lowest BCUT2D eigenvalue weighted by Crippen LogP contribution is -2.32. The van der Waals surface area contributed by atoms with Crippen molar-refractivity contribution >= 4 is 29.2 Å². The van der Waals surface area contributed by atoms with Gasteiger partial charge in [0.2, 0.25) is 0 Å². The average molecular weight is 431 g/mol. The van der Waals surface area contributed by atoms with E-state index in [1.807, 2.05) is 19.1 Å². The Morgan fingerprint density at radius 3 is 2.52 bits per heavy atom. The fourth-order valence-corrected chi connectivity index (χ4v) is 2.57. The number of halogens is 3. The number of nitrogens with zero attached hydrogens (tertiary/aromatic N) is 3. The van der Waals surface area contributed by atoms with E-state index in [4.69, 9.17) is 0 Å². The maximum absolute atomic E-state index is 12.7. The third-order valence-corrected chi connectivity index (χ3v) is 4.00. The van der Waals surface area contributed by atoms with Crippen LogP contribution < -0.4 is 21.3 Å². The second-order valence-corrected chi connectivity index (χ2v) is 6.52. The lowest BCUT2D eigenvalue weighted by molar-refractivity contribution is -0.137. The lowest BCUT2D eigenvalue weighted by Gasteiger charge is -2.11. The number of amides is 2.